The van der Waals surface area contributed by atoms with Crippen molar-refractivity contribution in [3.8, 4) is 0 Å². The fourth-order valence-corrected chi connectivity index (χ4v) is 3.66. The first-order valence-electron chi connectivity index (χ1n) is 10.4. The number of carbonyl (C=O) groups excluding carboxylic acids is 4. The van der Waals surface area contributed by atoms with Crippen LogP contribution in [0.4, 0.5) is 5.82 Å². The van der Waals surface area contributed by atoms with Crippen LogP contribution in [-0.4, -0.2) is 40.4 Å². The number of hydrogen-bond donors (Lipinski definition) is 1. The summed E-state index contributed by atoms with van der Waals surface area (Å²) >= 11 is 0. The van der Waals surface area contributed by atoms with Crippen LogP contribution < -0.4 is 5.73 Å². The van der Waals surface area contributed by atoms with Crippen molar-refractivity contribution in [3.63, 3.8) is 0 Å². The molecule has 8 heteroatoms. The molecule has 0 bridgehead atoms. The summed E-state index contributed by atoms with van der Waals surface area (Å²) < 4.78 is 4.91. The van der Waals surface area contributed by atoms with E-state index in [1.807, 2.05) is 6.07 Å². The SMILES string of the molecule is CCOC(=O)c1cc2c(nc1N)C(=O)CCCC2.O=Cc1ccc2c(n1)C(=O)CCC2. The van der Waals surface area contributed by atoms with Crippen molar-refractivity contribution in [2.45, 2.75) is 51.9 Å². The predicted molar refractivity (Wildman–Crippen MR) is 113 cm³/mol. The Balaban J connectivity index is 0.000000185. The lowest BCUT2D eigenvalue weighted by atomic mass is 9.95. The number of fused-ring (bicyclic) bond motifs is 2. The number of aryl methyl sites for hydroxylation is 2. The van der Waals surface area contributed by atoms with Gasteiger partial charge >= 0.3 is 5.97 Å². The van der Waals surface area contributed by atoms with Crippen molar-refractivity contribution >= 4 is 29.6 Å². The maximum Gasteiger partial charge on any atom is 0.341 e. The zero-order chi connectivity index (χ0) is 22.4. The smallest absolute Gasteiger partial charge is 0.341 e. The molecule has 2 aromatic rings. The number of rotatable bonds is 3. The molecule has 162 valence electrons. The summed E-state index contributed by atoms with van der Waals surface area (Å²) in [4.78, 5) is 53.4. The highest BCUT2D eigenvalue weighted by Gasteiger charge is 2.22. The Morgan fingerprint density at radius 1 is 1.00 bits per heavy atom. The van der Waals surface area contributed by atoms with E-state index in [0.717, 1.165) is 43.2 Å². The molecular formula is C23H25N3O5. The number of ether oxygens (including phenoxy) is 1. The molecule has 8 nitrogen and oxygen atoms in total. The van der Waals surface area contributed by atoms with Crippen LogP contribution in [0.15, 0.2) is 18.2 Å². The molecule has 0 unspecified atom stereocenters. The Morgan fingerprint density at radius 3 is 2.35 bits per heavy atom. The molecule has 0 saturated carbocycles. The van der Waals surface area contributed by atoms with E-state index in [2.05, 4.69) is 9.97 Å². The quantitative estimate of drug-likeness (QED) is 0.453. The molecule has 0 atom stereocenters. The molecular weight excluding hydrogens is 398 g/mol. The minimum absolute atomic E-state index is 0.00427. The van der Waals surface area contributed by atoms with Crippen molar-refractivity contribution in [3.05, 3.63) is 52.0 Å². The van der Waals surface area contributed by atoms with Gasteiger partial charge in [0, 0.05) is 12.8 Å². The minimum Gasteiger partial charge on any atom is -0.462 e. The van der Waals surface area contributed by atoms with Crippen LogP contribution in [-0.2, 0) is 17.6 Å². The zero-order valence-electron chi connectivity index (χ0n) is 17.5. The monoisotopic (exact) mass is 423 g/mol. The Morgan fingerprint density at radius 2 is 1.65 bits per heavy atom. The number of nitrogens with zero attached hydrogens (tertiary/aromatic N) is 2. The first-order valence-corrected chi connectivity index (χ1v) is 10.4. The van der Waals surface area contributed by atoms with Crippen molar-refractivity contribution in [2.24, 2.45) is 0 Å². The van der Waals surface area contributed by atoms with Gasteiger partial charge in [-0.3, -0.25) is 14.4 Å². The Bertz CT molecular complexity index is 1030. The molecule has 0 radical (unpaired) electrons. The van der Waals surface area contributed by atoms with Crippen LogP contribution in [0, 0.1) is 0 Å². The zero-order valence-corrected chi connectivity index (χ0v) is 17.5. The first kappa shape index (κ1) is 22.3. The second-order valence-electron chi connectivity index (χ2n) is 7.42. The van der Waals surface area contributed by atoms with Crippen LogP contribution in [0.3, 0.4) is 0 Å². The van der Waals surface area contributed by atoms with Gasteiger partial charge in [0.1, 0.15) is 28.5 Å². The molecule has 0 amide bonds. The molecule has 2 heterocycles. The third-order valence-corrected chi connectivity index (χ3v) is 5.23. The van der Waals surface area contributed by atoms with Crippen LogP contribution >= 0.6 is 0 Å². The summed E-state index contributed by atoms with van der Waals surface area (Å²) in [7, 11) is 0. The topological polar surface area (TPSA) is 129 Å². The molecule has 0 aromatic carbocycles. The number of nitrogen functional groups attached to an aromatic ring is 1. The highest BCUT2D eigenvalue weighted by atomic mass is 16.5. The normalized spacial score (nSPS) is 15.0. The number of anilines is 1. The molecule has 0 aliphatic heterocycles. The average Bonchev–Trinajstić information content (AvgIpc) is 2.95. The van der Waals surface area contributed by atoms with Crippen LogP contribution in [0.1, 0.15) is 92.0 Å². The van der Waals surface area contributed by atoms with Gasteiger partial charge in [0.15, 0.2) is 17.9 Å². The van der Waals surface area contributed by atoms with E-state index in [1.54, 1.807) is 19.1 Å². The maximum absolute atomic E-state index is 11.8. The van der Waals surface area contributed by atoms with E-state index < -0.39 is 5.97 Å². The van der Waals surface area contributed by atoms with Gasteiger partial charge in [-0.1, -0.05) is 6.07 Å². The number of Topliss-reactive ketones (excluding diaryl/α,β-unsaturated/α-hetero) is 2. The number of esters is 1. The van der Waals surface area contributed by atoms with Crippen molar-refractivity contribution in [1.29, 1.82) is 0 Å². The Hall–Kier alpha value is -3.42. The highest BCUT2D eigenvalue weighted by Crippen LogP contribution is 2.23. The molecule has 0 spiro atoms. The van der Waals surface area contributed by atoms with Gasteiger partial charge in [-0.25, -0.2) is 14.8 Å². The lowest BCUT2D eigenvalue weighted by Gasteiger charge is -2.12. The second kappa shape index (κ2) is 10.1. The molecule has 4 rings (SSSR count). The number of aromatic nitrogens is 2. The highest BCUT2D eigenvalue weighted by molar-refractivity contribution is 6.00. The number of aldehydes is 1. The van der Waals surface area contributed by atoms with Crippen molar-refractivity contribution < 1.29 is 23.9 Å². The van der Waals surface area contributed by atoms with Crippen molar-refractivity contribution in [2.75, 3.05) is 12.3 Å². The minimum atomic E-state index is -0.484. The molecule has 31 heavy (non-hydrogen) atoms. The Kier molecular flexibility index (Phi) is 7.23. The summed E-state index contributed by atoms with van der Waals surface area (Å²) in [5.74, 6) is -0.348. The fourth-order valence-electron chi connectivity index (χ4n) is 3.66. The van der Waals surface area contributed by atoms with E-state index >= 15 is 0 Å². The van der Waals surface area contributed by atoms with Gasteiger partial charge in [0.05, 0.1) is 6.61 Å². The van der Waals surface area contributed by atoms with E-state index in [-0.39, 0.29) is 29.6 Å². The number of ketones is 2. The number of carbonyl (C=O) groups is 4. The molecule has 2 aromatic heterocycles. The van der Waals surface area contributed by atoms with E-state index in [1.165, 1.54) is 0 Å². The maximum atomic E-state index is 11.8. The van der Waals surface area contributed by atoms with Gasteiger partial charge in [0.25, 0.3) is 0 Å². The van der Waals surface area contributed by atoms with Crippen LogP contribution in [0.25, 0.3) is 0 Å². The lowest BCUT2D eigenvalue weighted by Crippen LogP contribution is -2.14. The third kappa shape index (κ3) is 5.20. The first-order chi connectivity index (χ1) is 14.9. The summed E-state index contributed by atoms with van der Waals surface area (Å²) in [6.07, 6.45) is 6.04. The lowest BCUT2D eigenvalue weighted by molar-refractivity contribution is 0.0526. The Labute approximate surface area is 180 Å². The summed E-state index contributed by atoms with van der Waals surface area (Å²) in [5.41, 5.74) is 9.01. The predicted octanol–water partition coefficient (Wildman–Crippen LogP) is 3.16. The largest absolute Gasteiger partial charge is 0.462 e. The molecule has 0 fully saturated rings. The summed E-state index contributed by atoms with van der Waals surface area (Å²) in [6.45, 7) is 2.02. The van der Waals surface area contributed by atoms with Gasteiger partial charge in [-0.05, 0) is 62.3 Å². The van der Waals surface area contributed by atoms with Crippen LogP contribution in [0.2, 0.25) is 0 Å². The van der Waals surface area contributed by atoms with Gasteiger partial charge in [-0.15, -0.1) is 0 Å². The summed E-state index contributed by atoms with van der Waals surface area (Å²) in [6, 6.07) is 5.13. The van der Waals surface area contributed by atoms with E-state index in [9.17, 15) is 19.2 Å². The summed E-state index contributed by atoms with van der Waals surface area (Å²) in [5, 5.41) is 0. The molecule has 2 aliphatic rings. The second-order valence-corrected chi connectivity index (χ2v) is 7.42. The molecule has 2 aliphatic carbocycles. The van der Waals surface area contributed by atoms with E-state index in [4.69, 9.17) is 10.5 Å². The van der Waals surface area contributed by atoms with Crippen LogP contribution in [0.5, 0.6) is 0 Å². The standard InChI is InChI=1S/C13H16N2O3.C10H9NO2/c1-2-18-13(17)9-7-8-5-3-4-6-10(16)11(8)15-12(9)14;12-6-8-5-4-7-2-1-3-9(13)10(7)11-8/h7H,2-6H2,1H3,(H2,14,15);4-6H,1-3H2. The number of nitrogens with two attached hydrogens (primary N) is 1. The molecule has 2 N–H and O–H groups in total. The third-order valence-electron chi connectivity index (χ3n) is 5.23. The fraction of sp³-hybridized carbons (Fsp3) is 0.391. The van der Waals surface area contributed by atoms with Gasteiger partial charge in [0.2, 0.25) is 0 Å². The number of pyridine rings is 2. The number of hydrogen-bond acceptors (Lipinski definition) is 8. The van der Waals surface area contributed by atoms with E-state index in [0.29, 0.717) is 36.2 Å². The van der Waals surface area contributed by atoms with Gasteiger partial charge < -0.3 is 10.5 Å². The molecule has 0 saturated heterocycles. The average molecular weight is 423 g/mol. The van der Waals surface area contributed by atoms with Gasteiger partial charge in [-0.2, -0.15) is 0 Å². The van der Waals surface area contributed by atoms with Crippen molar-refractivity contribution in [1.82, 2.24) is 9.97 Å².